The zero-order chi connectivity index (χ0) is 20.8. The van der Waals surface area contributed by atoms with Crippen LogP contribution in [-0.4, -0.2) is 22.1 Å². The second-order valence-electron chi connectivity index (χ2n) is 6.85. The molecule has 3 aromatic heterocycles. The predicted molar refractivity (Wildman–Crippen MR) is 114 cm³/mol. The van der Waals surface area contributed by atoms with Crippen molar-refractivity contribution in [1.82, 2.24) is 15.0 Å². The van der Waals surface area contributed by atoms with Crippen LogP contribution in [0.2, 0.25) is 0 Å². The fraction of sp³-hybridized carbons (Fsp3) is 0.120. The van der Waals surface area contributed by atoms with Crippen molar-refractivity contribution in [1.29, 1.82) is 5.26 Å². The van der Waals surface area contributed by atoms with Crippen molar-refractivity contribution in [3.63, 3.8) is 0 Å². The summed E-state index contributed by atoms with van der Waals surface area (Å²) in [5.41, 5.74) is 4.48. The van der Waals surface area contributed by atoms with E-state index in [-0.39, 0.29) is 11.8 Å². The summed E-state index contributed by atoms with van der Waals surface area (Å²) in [4.78, 5) is 13.4. The number of hydrogen-bond donors (Lipinski definition) is 0. The van der Waals surface area contributed by atoms with Gasteiger partial charge in [-0.05, 0) is 53.1 Å². The number of pyridine rings is 3. The lowest BCUT2D eigenvalue weighted by Crippen LogP contribution is -2.16. The second kappa shape index (κ2) is 8.97. The van der Waals surface area contributed by atoms with Crippen LogP contribution >= 0.6 is 0 Å². The van der Waals surface area contributed by atoms with Gasteiger partial charge in [0.2, 0.25) is 0 Å². The molecular formula is C25H20N4O. The fourth-order valence-electron chi connectivity index (χ4n) is 3.80. The van der Waals surface area contributed by atoms with Gasteiger partial charge in [0.05, 0.1) is 12.7 Å². The Morgan fingerprint density at radius 1 is 0.800 bits per heavy atom. The lowest BCUT2D eigenvalue weighted by atomic mass is 9.76. The Hall–Kier alpha value is -4.04. The molecule has 0 saturated heterocycles. The molecule has 5 nitrogen and oxygen atoms in total. The normalized spacial score (nSPS) is 11.6. The first kappa shape index (κ1) is 19.3. The molecular weight excluding hydrogens is 372 g/mol. The third kappa shape index (κ3) is 3.89. The average molecular weight is 392 g/mol. The molecule has 4 rings (SSSR count). The van der Waals surface area contributed by atoms with Gasteiger partial charge < -0.3 is 4.74 Å². The van der Waals surface area contributed by atoms with E-state index in [9.17, 15) is 5.26 Å². The van der Waals surface area contributed by atoms with Gasteiger partial charge in [0.25, 0.3) is 0 Å². The fourth-order valence-corrected chi connectivity index (χ4v) is 3.80. The maximum Gasteiger partial charge on any atom is 0.136 e. The molecule has 146 valence electrons. The van der Waals surface area contributed by atoms with E-state index in [1.165, 1.54) is 0 Å². The van der Waals surface area contributed by atoms with Crippen LogP contribution in [0.3, 0.4) is 0 Å². The van der Waals surface area contributed by atoms with Gasteiger partial charge in [-0.2, -0.15) is 5.26 Å². The number of methoxy groups -OCH3 is 1. The van der Waals surface area contributed by atoms with E-state index in [2.05, 4.69) is 33.2 Å². The first-order valence-corrected chi connectivity index (χ1v) is 9.60. The molecule has 0 bridgehead atoms. The van der Waals surface area contributed by atoms with Crippen molar-refractivity contribution in [3.8, 4) is 11.8 Å². The van der Waals surface area contributed by atoms with E-state index >= 15 is 0 Å². The third-order valence-electron chi connectivity index (χ3n) is 5.13. The van der Waals surface area contributed by atoms with E-state index in [4.69, 9.17) is 4.74 Å². The molecule has 3 heterocycles. The maximum absolute atomic E-state index is 9.63. The summed E-state index contributed by atoms with van der Waals surface area (Å²) in [6.07, 6.45) is 9.08. The number of hydrogen-bond acceptors (Lipinski definition) is 5. The number of rotatable bonds is 6. The van der Waals surface area contributed by atoms with E-state index in [1.54, 1.807) is 25.7 Å². The molecule has 4 aromatic rings. The number of aromatic nitrogens is 3. The van der Waals surface area contributed by atoms with Gasteiger partial charge in [0.1, 0.15) is 11.8 Å². The highest BCUT2D eigenvalue weighted by atomic mass is 16.5. The first-order chi connectivity index (χ1) is 14.8. The summed E-state index contributed by atoms with van der Waals surface area (Å²) in [6, 6.07) is 21.9. The molecule has 0 amide bonds. The Labute approximate surface area is 175 Å². The topological polar surface area (TPSA) is 71.7 Å². The van der Waals surface area contributed by atoms with Crippen LogP contribution in [0, 0.1) is 11.3 Å². The molecule has 0 aliphatic rings. The Morgan fingerprint density at radius 3 is 2.07 bits per heavy atom. The van der Waals surface area contributed by atoms with Crippen LogP contribution in [0.5, 0.6) is 5.75 Å². The molecule has 1 aromatic carbocycles. The molecule has 0 spiro atoms. The Balaban J connectivity index is 1.95. The van der Waals surface area contributed by atoms with Gasteiger partial charge >= 0.3 is 0 Å². The highest BCUT2D eigenvalue weighted by Gasteiger charge is 2.30. The summed E-state index contributed by atoms with van der Waals surface area (Å²) < 4.78 is 5.35. The average Bonchev–Trinajstić information content (AvgIpc) is 2.83. The summed E-state index contributed by atoms with van der Waals surface area (Å²) in [5, 5.41) is 9.63. The van der Waals surface area contributed by atoms with Crippen molar-refractivity contribution in [2.45, 2.75) is 11.8 Å². The van der Waals surface area contributed by atoms with E-state index in [0.29, 0.717) is 11.3 Å². The summed E-state index contributed by atoms with van der Waals surface area (Å²) in [6.45, 7) is 0. The maximum atomic E-state index is 9.63. The van der Waals surface area contributed by atoms with Crippen LogP contribution in [0.4, 0.5) is 0 Å². The van der Waals surface area contributed by atoms with Gasteiger partial charge in [-0.15, -0.1) is 0 Å². The minimum absolute atomic E-state index is 0.0813. The smallest absolute Gasteiger partial charge is 0.136 e. The van der Waals surface area contributed by atoms with E-state index < -0.39 is 0 Å². The van der Waals surface area contributed by atoms with Crippen molar-refractivity contribution >= 4 is 0 Å². The highest BCUT2D eigenvalue weighted by Crippen LogP contribution is 2.42. The highest BCUT2D eigenvalue weighted by molar-refractivity contribution is 5.50. The molecule has 0 aliphatic heterocycles. The van der Waals surface area contributed by atoms with Gasteiger partial charge in [-0.25, -0.2) is 0 Å². The zero-order valence-electron chi connectivity index (χ0n) is 16.5. The lowest BCUT2D eigenvalue weighted by Gasteiger charge is -2.28. The number of benzene rings is 1. The molecule has 1 atom stereocenters. The van der Waals surface area contributed by atoms with Gasteiger partial charge in [0.15, 0.2) is 0 Å². The number of ether oxygens (including phenoxy) is 1. The second-order valence-corrected chi connectivity index (χ2v) is 6.85. The molecule has 0 aliphatic carbocycles. The summed E-state index contributed by atoms with van der Waals surface area (Å²) >= 11 is 0. The van der Waals surface area contributed by atoms with Gasteiger partial charge in [-0.3, -0.25) is 15.0 Å². The Morgan fingerprint density at radius 2 is 1.53 bits per heavy atom. The van der Waals surface area contributed by atoms with Gasteiger partial charge in [0, 0.05) is 48.5 Å². The SMILES string of the molecule is COc1ccc(C(c2ccccn2)C(c2cccnc2)c2cccnc2)cc1C#N. The van der Waals surface area contributed by atoms with Crippen molar-refractivity contribution in [2.24, 2.45) is 0 Å². The zero-order valence-corrected chi connectivity index (χ0v) is 16.5. The largest absolute Gasteiger partial charge is 0.495 e. The molecule has 0 N–H and O–H groups in total. The third-order valence-corrected chi connectivity index (χ3v) is 5.13. The van der Waals surface area contributed by atoms with Crippen LogP contribution < -0.4 is 4.74 Å². The molecule has 1 unspecified atom stereocenters. The quantitative estimate of drug-likeness (QED) is 0.475. The molecule has 0 saturated carbocycles. The van der Waals surface area contributed by atoms with Crippen molar-refractivity contribution in [2.75, 3.05) is 7.11 Å². The molecule has 30 heavy (non-hydrogen) atoms. The number of nitrogens with zero attached hydrogens (tertiary/aromatic N) is 4. The minimum Gasteiger partial charge on any atom is -0.495 e. The Kier molecular flexibility index (Phi) is 5.77. The lowest BCUT2D eigenvalue weighted by molar-refractivity contribution is 0.413. The van der Waals surface area contributed by atoms with Crippen LogP contribution in [0.25, 0.3) is 0 Å². The predicted octanol–water partition coefficient (Wildman–Crippen LogP) is 4.72. The molecule has 0 radical (unpaired) electrons. The summed E-state index contributed by atoms with van der Waals surface area (Å²) in [7, 11) is 1.57. The van der Waals surface area contributed by atoms with Crippen molar-refractivity contribution < 1.29 is 4.74 Å². The number of nitriles is 1. The van der Waals surface area contributed by atoms with Gasteiger partial charge in [-0.1, -0.05) is 24.3 Å². The standard InChI is InChI=1S/C25H20N4O/c1-30-23-10-9-18(14-21(23)15-26)25(22-8-2-3-13-29-22)24(19-6-4-11-27-16-19)20-7-5-12-28-17-20/h2-14,16-17,24-25H,1H3. The molecule has 5 heteroatoms. The van der Waals surface area contributed by atoms with E-state index in [1.807, 2.05) is 60.9 Å². The van der Waals surface area contributed by atoms with Crippen LogP contribution in [0.1, 0.15) is 39.8 Å². The molecule has 0 fully saturated rings. The minimum atomic E-state index is -0.141. The van der Waals surface area contributed by atoms with E-state index in [0.717, 1.165) is 22.4 Å². The van der Waals surface area contributed by atoms with Crippen molar-refractivity contribution in [3.05, 3.63) is 120 Å². The van der Waals surface area contributed by atoms with Crippen LogP contribution in [-0.2, 0) is 0 Å². The van der Waals surface area contributed by atoms with Crippen LogP contribution in [0.15, 0.2) is 91.6 Å². The monoisotopic (exact) mass is 392 g/mol. The Bertz CT molecular complexity index is 1100. The summed E-state index contributed by atoms with van der Waals surface area (Å²) in [5.74, 6) is 0.333. The first-order valence-electron chi connectivity index (χ1n) is 9.60.